The lowest BCUT2D eigenvalue weighted by molar-refractivity contribution is -0.117. The fourth-order valence-electron chi connectivity index (χ4n) is 0.258. The Hall–Kier alpha value is -0.570. The molecule has 0 radical (unpaired) electrons. The molecule has 0 unspecified atom stereocenters. The number of hydrogen-bond donors (Lipinski definition) is 2. The van der Waals surface area contributed by atoms with Crippen molar-refractivity contribution in [1.82, 2.24) is 0 Å². The van der Waals surface area contributed by atoms with Crippen molar-refractivity contribution in [3.8, 4) is 0 Å². The van der Waals surface area contributed by atoms with Crippen molar-refractivity contribution in [1.29, 1.82) is 0 Å². The standard InChI is InChI=1S/C5H12O.C3H7NO/c1-5(2)3-4-6;1-2-3(4)5/h5-6H,3-4H2,1-2H3;2H2,1H3,(H2,4,5). The van der Waals surface area contributed by atoms with Gasteiger partial charge in [0.05, 0.1) is 0 Å². The van der Waals surface area contributed by atoms with Gasteiger partial charge in [-0.05, 0) is 12.3 Å². The molecule has 3 N–H and O–H groups in total. The molecule has 1 amide bonds. The van der Waals surface area contributed by atoms with Crippen LogP contribution >= 0.6 is 0 Å². The molecule has 0 aromatic heterocycles. The van der Waals surface area contributed by atoms with Crippen molar-refractivity contribution in [2.45, 2.75) is 33.6 Å². The highest BCUT2D eigenvalue weighted by atomic mass is 16.3. The molecule has 68 valence electrons. The van der Waals surface area contributed by atoms with Crippen molar-refractivity contribution in [3.63, 3.8) is 0 Å². The predicted molar refractivity (Wildman–Crippen MR) is 46.0 cm³/mol. The first-order chi connectivity index (χ1) is 5.04. The Kier molecular flexibility index (Phi) is 11.2. The zero-order chi connectivity index (χ0) is 9.28. The van der Waals surface area contributed by atoms with Gasteiger partial charge >= 0.3 is 0 Å². The number of carbonyl (C=O) groups is 1. The second-order valence-corrected chi connectivity index (χ2v) is 2.73. The summed E-state index contributed by atoms with van der Waals surface area (Å²) in [6, 6.07) is 0. The number of aliphatic hydroxyl groups is 1. The van der Waals surface area contributed by atoms with Crippen molar-refractivity contribution >= 4 is 5.91 Å². The van der Waals surface area contributed by atoms with Crippen LogP contribution in [0.5, 0.6) is 0 Å². The molecular weight excluding hydrogens is 142 g/mol. The van der Waals surface area contributed by atoms with Gasteiger partial charge in [0.1, 0.15) is 0 Å². The SMILES string of the molecule is CC(C)CCO.CCC(N)=O. The third-order valence-electron chi connectivity index (χ3n) is 1.05. The molecule has 0 aliphatic heterocycles. The molecule has 0 aliphatic carbocycles. The van der Waals surface area contributed by atoms with Crippen LogP contribution in [0.2, 0.25) is 0 Å². The largest absolute Gasteiger partial charge is 0.396 e. The monoisotopic (exact) mass is 161 g/mol. The maximum absolute atomic E-state index is 9.59. The van der Waals surface area contributed by atoms with Crippen LogP contribution in [0, 0.1) is 5.92 Å². The zero-order valence-electron chi connectivity index (χ0n) is 7.63. The average molecular weight is 161 g/mol. The Balaban J connectivity index is 0. The van der Waals surface area contributed by atoms with E-state index in [1.165, 1.54) is 0 Å². The lowest BCUT2D eigenvalue weighted by atomic mass is 10.2. The minimum atomic E-state index is -0.245. The normalized spacial score (nSPS) is 8.82. The van der Waals surface area contributed by atoms with E-state index in [1.807, 2.05) is 0 Å². The highest BCUT2D eigenvalue weighted by molar-refractivity contribution is 5.73. The Labute approximate surface area is 68.6 Å². The number of amides is 1. The highest BCUT2D eigenvalue weighted by Gasteiger charge is 1.86. The summed E-state index contributed by atoms with van der Waals surface area (Å²) in [7, 11) is 0. The molecule has 0 fully saturated rings. The van der Waals surface area contributed by atoms with E-state index in [-0.39, 0.29) is 5.91 Å². The van der Waals surface area contributed by atoms with E-state index in [0.717, 1.165) is 6.42 Å². The van der Waals surface area contributed by atoms with Gasteiger partial charge in [-0.15, -0.1) is 0 Å². The van der Waals surface area contributed by atoms with Crippen LogP contribution in [0.3, 0.4) is 0 Å². The third kappa shape index (κ3) is 26.5. The molecule has 0 bridgehead atoms. The molecule has 3 nitrogen and oxygen atoms in total. The maximum atomic E-state index is 9.59. The second-order valence-electron chi connectivity index (χ2n) is 2.73. The van der Waals surface area contributed by atoms with Gasteiger partial charge in [0.15, 0.2) is 0 Å². The molecule has 0 saturated carbocycles. The topological polar surface area (TPSA) is 63.3 Å². The molecule has 0 rings (SSSR count). The van der Waals surface area contributed by atoms with E-state index in [4.69, 9.17) is 5.11 Å². The number of primary amides is 1. The summed E-state index contributed by atoms with van der Waals surface area (Å²) >= 11 is 0. The molecule has 0 saturated heterocycles. The van der Waals surface area contributed by atoms with Gasteiger partial charge in [0.25, 0.3) is 0 Å². The van der Waals surface area contributed by atoms with Crippen LogP contribution in [0.15, 0.2) is 0 Å². The van der Waals surface area contributed by atoms with Gasteiger partial charge in [-0.2, -0.15) is 0 Å². The van der Waals surface area contributed by atoms with E-state index in [1.54, 1.807) is 6.92 Å². The molecule has 0 spiro atoms. The third-order valence-corrected chi connectivity index (χ3v) is 1.05. The number of nitrogens with two attached hydrogens (primary N) is 1. The fraction of sp³-hybridized carbons (Fsp3) is 0.875. The quantitative estimate of drug-likeness (QED) is 0.646. The number of rotatable bonds is 3. The van der Waals surface area contributed by atoms with Gasteiger partial charge in [-0.25, -0.2) is 0 Å². The zero-order valence-corrected chi connectivity index (χ0v) is 7.63. The van der Waals surface area contributed by atoms with Gasteiger partial charge in [0, 0.05) is 13.0 Å². The highest BCUT2D eigenvalue weighted by Crippen LogP contribution is 1.94. The van der Waals surface area contributed by atoms with Gasteiger partial charge in [-0.1, -0.05) is 20.8 Å². The Morgan fingerprint density at radius 1 is 1.55 bits per heavy atom. The van der Waals surface area contributed by atoms with Crippen LogP contribution in [-0.2, 0) is 4.79 Å². The van der Waals surface area contributed by atoms with Gasteiger partial charge in [-0.3, -0.25) is 4.79 Å². The van der Waals surface area contributed by atoms with Crippen LogP contribution in [0.4, 0.5) is 0 Å². The number of hydrogen-bond acceptors (Lipinski definition) is 2. The summed E-state index contributed by atoms with van der Waals surface area (Å²) in [6.45, 7) is 6.24. The molecular formula is C8H19NO2. The maximum Gasteiger partial charge on any atom is 0.217 e. The van der Waals surface area contributed by atoms with E-state index >= 15 is 0 Å². The van der Waals surface area contributed by atoms with Gasteiger partial charge in [0.2, 0.25) is 5.91 Å². The summed E-state index contributed by atoms with van der Waals surface area (Å²) in [5, 5.41) is 8.24. The van der Waals surface area contributed by atoms with Gasteiger partial charge < -0.3 is 10.8 Å². The summed E-state index contributed by atoms with van der Waals surface area (Å²) in [5.74, 6) is 0.403. The van der Waals surface area contributed by atoms with Crippen LogP contribution in [0.25, 0.3) is 0 Å². The van der Waals surface area contributed by atoms with E-state index in [9.17, 15) is 4.79 Å². The minimum absolute atomic E-state index is 0.245. The Bertz CT molecular complexity index is 92.1. The summed E-state index contributed by atoms with van der Waals surface area (Å²) in [6.07, 6.45) is 1.38. The predicted octanol–water partition coefficient (Wildman–Crippen LogP) is 0.907. The van der Waals surface area contributed by atoms with Crippen molar-refractivity contribution < 1.29 is 9.90 Å². The second kappa shape index (κ2) is 9.43. The number of aliphatic hydroxyl groups excluding tert-OH is 1. The molecule has 0 atom stereocenters. The van der Waals surface area contributed by atoms with E-state index in [0.29, 0.717) is 18.9 Å². The van der Waals surface area contributed by atoms with Crippen molar-refractivity contribution in [2.24, 2.45) is 11.7 Å². The molecule has 0 aliphatic rings. The van der Waals surface area contributed by atoms with E-state index in [2.05, 4.69) is 19.6 Å². The first kappa shape index (κ1) is 13.1. The van der Waals surface area contributed by atoms with Crippen LogP contribution in [0.1, 0.15) is 33.6 Å². The summed E-state index contributed by atoms with van der Waals surface area (Å²) in [5.41, 5.74) is 4.65. The molecule has 3 heteroatoms. The Morgan fingerprint density at radius 3 is 1.91 bits per heavy atom. The molecule has 0 aromatic rings. The molecule has 11 heavy (non-hydrogen) atoms. The van der Waals surface area contributed by atoms with Crippen molar-refractivity contribution in [2.75, 3.05) is 6.61 Å². The average Bonchev–Trinajstić information content (AvgIpc) is 1.89. The molecule has 0 heterocycles. The summed E-state index contributed by atoms with van der Waals surface area (Å²) < 4.78 is 0. The minimum Gasteiger partial charge on any atom is -0.396 e. The smallest absolute Gasteiger partial charge is 0.217 e. The first-order valence-corrected chi connectivity index (χ1v) is 3.93. The van der Waals surface area contributed by atoms with Crippen molar-refractivity contribution in [3.05, 3.63) is 0 Å². The van der Waals surface area contributed by atoms with Crippen LogP contribution in [-0.4, -0.2) is 17.6 Å². The first-order valence-electron chi connectivity index (χ1n) is 3.93. The Morgan fingerprint density at radius 2 is 1.91 bits per heavy atom. The molecule has 0 aromatic carbocycles. The number of carbonyl (C=O) groups excluding carboxylic acids is 1. The summed E-state index contributed by atoms with van der Waals surface area (Å²) in [4.78, 5) is 9.59. The lowest BCUT2D eigenvalue weighted by Gasteiger charge is -1.95. The van der Waals surface area contributed by atoms with Crippen LogP contribution < -0.4 is 5.73 Å². The van der Waals surface area contributed by atoms with E-state index < -0.39 is 0 Å². The lowest BCUT2D eigenvalue weighted by Crippen LogP contribution is -2.06. The fourth-order valence-corrected chi connectivity index (χ4v) is 0.258.